The summed E-state index contributed by atoms with van der Waals surface area (Å²) in [6, 6.07) is 0. The molecular weight excluding hydrogens is 300 g/mol. The molecule has 2 aliphatic heterocycles. The fraction of sp³-hybridized carbons (Fsp3) is 0.800. The molecule has 0 spiro atoms. The number of carboxylic acid groups (broad SMARTS) is 1. The van der Waals surface area contributed by atoms with Crippen LogP contribution in [-0.2, 0) is 22.5 Å². The Kier molecular flexibility index (Phi) is 4.93. The third-order valence-electron chi connectivity index (χ3n) is 4.72. The van der Waals surface area contributed by atoms with Crippen molar-refractivity contribution in [1.82, 2.24) is 19.9 Å². The maximum absolute atomic E-state index is 11.7. The molecule has 1 aromatic heterocycles. The summed E-state index contributed by atoms with van der Waals surface area (Å²) in [4.78, 5) is 20.4. The van der Waals surface area contributed by atoms with Crippen molar-refractivity contribution >= 4 is 5.97 Å². The van der Waals surface area contributed by atoms with Crippen LogP contribution in [0.15, 0.2) is 4.52 Å². The Bertz CT molecular complexity index is 533. The number of piperazine rings is 1. The largest absolute Gasteiger partial charge is 0.480 e. The van der Waals surface area contributed by atoms with E-state index in [4.69, 9.17) is 9.26 Å². The number of aliphatic carboxylic acids is 1. The van der Waals surface area contributed by atoms with E-state index in [2.05, 4.69) is 26.9 Å². The summed E-state index contributed by atoms with van der Waals surface area (Å²) in [6.45, 7) is 6.53. The van der Waals surface area contributed by atoms with Gasteiger partial charge in [0.2, 0.25) is 5.89 Å². The summed E-state index contributed by atoms with van der Waals surface area (Å²) in [7, 11) is 0. The predicted octanol–water partition coefficient (Wildman–Crippen LogP) is 0.383. The molecule has 0 bridgehead atoms. The quantitative estimate of drug-likeness (QED) is 0.803. The van der Waals surface area contributed by atoms with Gasteiger partial charge in [0.15, 0.2) is 5.82 Å². The Balaban J connectivity index is 1.54. The van der Waals surface area contributed by atoms with Gasteiger partial charge in [-0.05, 0) is 6.42 Å². The molecule has 2 saturated heterocycles. The molecule has 1 atom stereocenters. The fourth-order valence-electron chi connectivity index (χ4n) is 3.31. The van der Waals surface area contributed by atoms with E-state index in [1.54, 1.807) is 0 Å². The topological polar surface area (TPSA) is 91.9 Å². The molecule has 23 heavy (non-hydrogen) atoms. The SMILES string of the molecule is CCCc1noc(CN2CCN(C3(C(=O)O)CCOC3)CC2)n1. The van der Waals surface area contributed by atoms with Crippen molar-refractivity contribution in [3.63, 3.8) is 0 Å². The molecule has 1 aromatic rings. The molecular formula is C15H24N4O4. The Morgan fingerprint density at radius 2 is 2.13 bits per heavy atom. The van der Waals surface area contributed by atoms with E-state index >= 15 is 0 Å². The van der Waals surface area contributed by atoms with Gasteiger partial charge in [-0.3, -0.25) is 14.6 Å². The molecule has 2 fully saturated rings. The summed E-state index contributed by atoms with van der Waals surface area (Å²) in [5, 5.41) is 13.6. The van der Waals surface area contributed by atoms with Gasteiger partial charge in [0, 0.05) is 45.6 Å². The number of carboxylic acids is 1. The van der Waals surface area contributed by atoms with E-state index < -0.39 is 11.5 Å². The predicted molar refractivity (Wildman–Crippen MR) is 80.9 cm³/mol. The minimum Gasteiger partial charge on any atom is -0.480 e. The van der Waals surface area contributed by atoms with Crippen LogP contribution in [-0.4, -0.2) is 75.9 Å². The molecule has 1 unspecified atom stereocenters. The van der Waals surface area contributed by atoms with Crippen LogP contribution in [0.1, 0.15) is 31.5 Å². The first kappa shape index (κ1) is 16.4. The lowest BCUT2D eigenvalue weighted by Gasteiger charge is -2.42. The molecule has 8 heteroatoms. The number of aryl methyl sites for hydroxylation is 1. The number of ether oxygens (including phenoxy) is 1. The van der Waals surface area contributed by atoms with E-state index in [0.29, 0.717) is 38.6 Å². The zero-order valence-electron chi connectivity index (χ0n) is 13.5. The van der Waals surface area contributed by atoms with Crippen LogP contribution >= 0.6 is 0 Å². The Labute approximate surface area is 135 Å². The number of aromatic nitrogens is 2. The molecule has 1 N–H and O–H groups in total. The van der Waals surface area contributed by atoms with E-state index in [-0.39, 0.29) is 6.61 Å². The van der Waals surface area contributed by atoms with Crippen LogP contribution in [0.2, 0.25) is 0 Å². The van der Waals surface area contributed by atoms with Crippen molar-refractivity contribution in [1.29, 1.82) is 0 Å². The molecule has 0 amide bonds. The first-order valence-corrected chi connectivity index (χ1v) is 8.24. The minimum atomic E-state index is -0.842. The minimum absolute atomic E-state index is 0.284. The molecule has 0 radical (unpaired) electrons. The molecule has 0 aromatic carbocycles. The summed E-state index contributed by atoms with van der Waals surface area (Å²) >= 11 is 0. The zero-order valence-corrected chi connectivity index (χ0v) is 13.5. The highest BCUT2D eigenvalue weighted by molar-refractivity contribution is 5.79. The van der Waals surface area contributed by atoms with Crippen molar-refractivity contribution < 1.29 is 19.2 Å². The average molecular weight is 324 g/mol. The van der Waals surface area contributed by atoms with Gasteiger partial charge in [0.05, 0.1) is 13.2 Å². The summed E-state index contributed by atoms with van der Waals surface area (Å²) in [5.74, 6) is 0.623. The third kappa shape index (κ3) is 3.39. The molecule has 128 valence electrons. The normalized spacial score (nSPS) is 26.7. The van der Waals surface area contributed by atoms with E-state index in [1.807, 2.05) is 0 Å². The monoisotopic (exact) mass is 324 g/mol. The Morgan fingerprint density at radius 1 is 1.35 bits per heavy atom. The highest BCUT2D eigenvalue weighted by Gasteiger charge is 2.48. The zero-order chi connectivity index (χ0) is 16.3. The van der Waals surface area contributed by atoms with Gasteiger partial charge < -0.3 is 14.4 Å². The van der Waals surface area contributed by atoms with Crippen LogP contribution in [0.4, 0.5) is 0 Å². The van der Waals surface area contributed by atoms with Gasteiger partial charge in [-0.2, -0.15) is 4.98 Å². The number of hydrogen-bond donors (Lipinski definition) is 1. The van der Waals surface area contributed by atoms with Crippen molar-refractivity contribution in [2.24, 2.45) is 0 Å². The van der Waals surface area contributed by atoms with Crippen molar-refractivity contribution in [3.8, 4) is 0 Å². The molecule has 0 saturated carbocycles. The van der Waals surface area contributed by atoms with Crippen LogP contribution < -0.4 is 0 Å². The molecule has 3 heterocycles. The number of rotatable bonds is 6. The first-order valence-electron chi connectivity index (χ1n) is 8.24. The van der Waals surface area contributed by atoms with Crippen LogP contribution in [0.5, 0.6) is 0 Å². The Hall–Kier alpha value is -1.51. The van der Waals surface area contributed by atoms with Gasteiger partial charge in [0.1, 0.15) is 5.54 Å². The van der Waals surface area contributed by atoms with Gasteiger partial charge in [-0.25, -0.2) is 0 Å². The van der Waals surface area contributed by atoms with Crippen molar-refractivity contribution in [3.05, 3.63) is 11.7 Å². The second-order valence-corrected chi connectivity index (χ2v) is 6.26. The van der Waals surface area contributed by atoms with Crippen LogP contribution in [0.25, 0.3) is 0 Å². The standard InChI is InChI=1S/C15H24N4O4/c1-2-3-12-16-13(23-17-12)10-18-5-7-19(8-6-18)15(14(20)21)4-9-22-11-15/h2-11H2,1H3,(H,20,21). The number of nitrogens with zero attached hydrogens (tertiary/aromatic N) is 4. The van der Waals surface area contributed by atoms with Crippen molar-refractivity contribution in [2.75, 3.05) is 39.4 Å². The van der Waals surface area contributed by atoms with Gasteiger partial charge in [-0.15, -0.1) is 0 Å². The second kappa shape index (κ2) is 6.94. The van der Waals surface area contributed by atoms with Gasteiger partial charge in [-0.1, -0.05) is 12.1 Å². The molecule has 3 rings (SSSR count). The molecule has 2 aliphatic rings. The maximum Gasteiger partial charge on any atom is 0.326 e. The third-order valence-corrected chi connectivity index (χ3v) is 4.72. The highest BCUT2D eigenvalue weighted by atomic mass is 16.5. The van der Waals surface area contributed by atoms with E-state index in [1.165, 1.54) is 0 Å². The average Bonchev–Trinajstić information content (AvgIpc) is 3.19. The lowest BCUT2D eigenvalue weighted by molar-refractivity contribution is -0.153. The van der Waals surface area contributed by atoms with Gasteiger partial charge in [0.25, 0.3) is 0 Å². The summed E-state index contributed by atoms with van der Waals surface area (Å²) in [6.07, 6.45) is 2.39. The summed E-state index contributed by atoms with van der Waals surface area (Å²) in [5.41, 5.74) is -0.842. The van der Waals surface area contributed by atoms with Gasteiger partial charge >= 0.3 is 5.97 Å². The first-order chi connectivity index (χ1) is 11.1. The molecule has 0 aliphatic carbocycles. The van der Waals surface area contributed by atoms with E-state index in [0.717, 1.165) is 31.8 Å². The fourth-order valence-corrected chi connectivity index (χ4v) is 3.31. The highest BCUT2D eigenvalue weighted by Crippen LogP contribution is 2.28. The van der Waals surface area contributed by atoms with Crippen molar-refractivity contribution in [2.45, 2.75) is 38.3 Å². The number of carbonyl (C=O) groups is 1. The molecule has 8 nitrogen and oxygen atoms in total. The van der Waals surface area contributed by atoms with Crippen LogP contribution in [0, 0.1) is 0 Å². The maximum atomic E-state index is 11.7. The summed E-state index contributed by atoms with van der Waals surface area (Å²) < 4.78 is 10.6. The van der Waals surface area contributed by atoms with Crippen LogP contribution in [0.3, 0.4) is 0 Å². The lowest BCUT2D eigenvalue weighted by atomic mass is 9.95. The number of hydrogen-bond acceptors (Lipinski definition) is 7. The lowest BCUT2D eigenvalue weighted by Crippen LogP contribution is -2.61. The smallest absolute Gasteiger partial charge is 0.326 e. The Morgan fingerprint density at radius 3 is 2.74 bits per heavy atom. The van der Waals surface area contributed by atoms with E-state index in [9.17, 15) is 9.90 Å². The second-order valence-electron chi connectivity index (χ2n) is 6.26.